The van der Waals surface area contributed by atoms with Gasteiger partial charge in [-0.2, -0.15) is 0 Å². The topological polar surface area (TPSA) is 98.5 Å². The largest absolute Gasteiger partial charge is 0.473 e. The fourth-order valence-corrected chi connectivity index (χ4v) is 0.815. The average Bonchev–Trinajstić information content (AvgIpc) is 2.17. The molecule has 1 rings (SSSR count). The predicted molar refractivity (Wildman–Crippen MR) is 47.4 cm³/mol. The summed E-state index contributed by atoms with van der Waals surface area (Å²) in [6, 6.07) is 7.65. The SMILES string of the molecule is O=C(N[N+](=O)[O-])OC(=O)c1ccccc1. The van der Waals surface area contributed by atoms with E-state index in [0.717, 1.165) is 0 Å². The van der Waals surface area contributed by atoms with Gasteiger partial charge in [-0.25, -0.2) is 19.7 Å². The third-order valence-electron chi connectivity index (χ3n) is 1.38. The van der Waals surface area contributed by atoms with Gasteiger partial charge in [-0.3, -0.25) is 0 Å². The second-order valence-electron chi connectivity index (χ2n) is 2.41. The van der Waals surface area contributed by atoms with E-state index in [1.165, 1.54) is 17.6 Å². The molecule has 0 aliphatic rings. The van der Waals surface area contributed by atoms with Gasteiger partial charge in [0.15, 0.2) is 5.03 Å². The standard InChI is InChI=1S/C8H6N2O5/c11-7(6-4-2-1-3-5-6)15-8(12)9-10(13)14/h1-5H,(H,9,12). The summed E-state index contributed by atoms with van der Waals surface area (Å²) in [5.74, 6) is -0.949. The molecular formula is C8H6N2O5. The molecule has 0 unspecified atom stereocenters. The van der Waals surface area contributed by atoms with Crippen molar-refractivity contribution in [2.75, 3.05) is 0 Å². The lowest BCUT2D eigenvalue weighted by atomic mass is 10.2. The molecular weight excluding hydrogens is 204 g/mol. The first-order valence-corrected chi connectivity index (χ1v) is 3.82. The smallest absolute Gasteiger partial charge is 0.369 e. The molecule has 1 N–H and O–H groups in total. The van der Waals surface area contributed by atoms with Crippen molar-refractivity contribution in [3.05, 3.63) is 46.0 Å². The van der Waals surface area contributed by atoms with Crippen LogP contribution in [0.15, 0.2) is 30.3 Å². The number of hydrogen-bond acceptors (Lipinski definition) is 5. The molecule has 0 atom stereocenters. The monoisotopic (exact) mass is 210 g/mol. The second kappa shape index (κ2) is 4.70. The van der Waals surface area contributed by atoms with E-state index in [1.54, 1.807) is 18.2 Å². The molecule has 15 heavy (non-hydrogen) atoms. The maximum absolute atomic E-state index is 11.1. The highest BCUT2D eigenvalue weighted by atomic mass is 16.7. The zero-order valence-electron chi connectivity index (χ0n) is 7.38. The van der Waals surface area contributed by atoms with Crippen LogP contribution in [0.5, 0.6) is 0 Å². The van der Waals surface area contributed by atoms with Crippen molar-refractivity contribution in [2.45, 2.75) is 0 Å². The van der Waals surface area contributed by atoms with Crippen molar-refractivity contribution in [1.29, 1.82) is 0 Å². The zero-order valence-corrected chi connectivity index (χ0v) is 7.38. The van der Waals surface area contributed by atoms with Crippen LogP contribution in [0.1, 0.15) is 10.4 Å². The molecule has 0 aromatic heterocycles. The first-order chi connectivity index (χ1) is 7.09. The number of rotatable bonds is 2. The Hall–Kier alpha value is -2.44. The van der Waals surface area contributed by atoms with Crippen LogP contribution in [0.4, 0.5) is 4.79 Å². The summed E-state index contributed by atoms with van der Waals surface area (Å²) >= 11 is 0. The summed E-state index contributed by atoms with van der Waals surface area (Å²) in [6.07, 6.45) is -1.42. The lowest BCUT2D eigenvalue weighted by Gasteiger charge is -1.99. The lowest BCUT2D eigenvalue weighted by molar-refractivity contribution is -0.529. The minimum absolute atomic E-state index is 0.135. The molecule has 0 fully saturated rings. The Kier molecular flexibility index (Phi) is 3.33. The minimum Gasteiger partial charge on any atom is -0.369 e. The van der Waals surface area contributed by atoms with Gasteiger partial charge >= 0.3 is 12.1 Å². The summed E-state index contributed by atoms with van der Waals surface area (Å²) < 4.78 is 4.12. The van der Waals surface area contributed by atoms with Crippen LogP contribution < -0.4 is 5.43 Å². The van der Waals surface area contributed by atoms with Crippen molar-refractivity contribution in [1.82, 2.24) is 5.43 Å². The van der Waals surface area contributed by atoms with Gasteiger partial charge in [0, 0.05) is 0 Å². The van der Waals surface area contributed by atoms with Gasteiger partial charge < -0.3 is 4.74 Å². The normalized spacial score (nSPS) is 9.07. The fraction of sp³-hybridized carbons (Fsp3) is 0. The van der Waals surface area contributed by atoms with E-state index in [0.29, 0.717) is 0 Å². The fourth-order valence-electron chi connectivity index (χ4n) is 0.815. The minimum atomic E-state index is -1.42. The quantitative estimate of drug-likeness (QED) is 0.336. The van der Waals surface area contributed by atoms with E-state index in [2.05, 4.69) is 4.74 Å². The number of hydrazine groups is 1. The highest BCUT2D eigenvalue weighted by Crippen LogP contribution is 2.00. The summed E-state index contributed by atoms with van der Waals surface area (Å²) in [7, 11) is 0. The van der Waals surface area contributed by atoms with Crippen LogP contribution in [-0.2, 0) is 4.74 Å². The Morgan fingerprint density at radius 3 is 2.40 bits per heavy atom. The molecule has 0 saturated carbocycles. The average molecular weight is 210 g/mol. The van der Waals surface area contributed by atoms with Crippen molar-refractivity contribution >= 4 is 12.1 Å². The first-order valence-electron chi connectivity index (χ1n) is 3.82. The molecule has 0 aliphatic carbocycles. The van der Waals surface area contributed by atoms with Gasteiger partial charge in [-0.05, 0) is 17.6 Å². The number of ether oxygens (including phenoxy) is 1. The molecule has 0 heterocycles. The molecule has 0 bridgehead atoms. The molecule has 0 spiro atoms. The van der Waals surface area contributed by atoms with E-state index in [9.17, 15) is 19.7 Å². The summed E-state index contributed by atoms with van der Waals surface area (Å²) in [6.45, 7) is 0. The van der Waals surface area contributed by atoms with Crippen LogP contribution >= 0.6 is 0 Å². The van der Waals surface area contributed by atoms with Crippen LogP contribution in [0, 0.1) is 10.1 Å². The van der Waals surface area contributed by atoms with Crippen molar-refractivity contribution in [3.8, 4) is 0 Å². The molecule has 1 amide bonds. The van der Waals surface area contributed by atoms with Gasteiger partial charge in [-0.1, -0.05) is 18.2 Å². The van der Waals surface area contributed by atoms with Gasteiger partial charge in [0.25, 0.3) is 0 Å². The molecule has 0 radical (unpaired) electrons. The van der Waals surface area contributed by atoms with Crippen LogP contribution in [0.3, 0.4) is 0 Å². The highest BCUT2D eigenvalue weighted by molar-refractivity contribution is 5.96. The van der Waals surface area contributed by atoms with Crippen LogP contribution in [-0.4, -0.2) is 17.1 Å². The molecule has 7 heteroatoms. The Morgan fingerprint density at radius 1 is 1.27 bits per heavy atom. The molecule has 78 valence electrons. The van der Waals surface area contributed by atoms with Gasteiger partial charge in [-0.15, -0.1) is 0 Å². The number of carbonyl (C=O) groups excluding carboxylic acids is 2. The zero-order chi connectivity index (χ0) is 11.3. The Bertz CT molecular complexity index is 389. The summed E-state index contributed by atoms with van der Waals surface area (Å²) in [5.41, 5.74) is 1.32. The van der Waals surface area contributed by atoms with E-state index in [4.69, 9.17) is 0 Å². The molecule has 7 nitrogen and oxygen atoms in total. The Labute approximate surface area is 83.8 Å². The maximum Gasteiger partial charge on any atom is 0.473 e. The Balaban J connectivity index is 2.57. The van der Waals surface area contributed by atoms with E-state index in [1.807, 2.05) is 0 Å². The molecule has 1 aromatic carbocycles. The summed E-state index contributed by atoms with van der Waals surface area (Å²) in [5, 5.41) is 8.70. The molecule has 0 aliphatic heterocycles. The number of amides is 1. The van der Waals surface area contributed by atoms with Gasteiger partial charge in [0.05, 0.1) is 5.56 Å². The van der Waals surface area contributed by atoms with E-state index >= 15 is 0 Å². The second-order valence-corrected chi connectivity index (χ2v) is 2.41. The number of carbonyl (C=O) groups is 2. The van der Waals surface area contributed by atoms with E-state index < -0.39 is 17.1 Å². The number of hydrogen-bond donors (Lipinski definition) is 1. The van der Waals surface area contributed by atoms with Crippen molar-refractivity contribution in [3.63, 3.8) is 0 Å². The number of nitrogens with one attached hydrogen (secondary N) is 1. The van der Waals surface area contributed by atoms with Crippen molar-refractivity contribution < 1.29 is 19.4 Å². The number of nitro groups is 1. The predicted octanol–water partition coefficient (Wildman–Crippen LogP) is 0.745. The third kappa shape index (κ3) is 3.43. The first kappa shape index (κ1) is 10.6. The summed E-state index contributed by atoms with van der Waals surface area (Å²) in [4.78, 5) is 31.6. The van der Waals surface area contributed by atoms with Gasteiger partial charge in [0.1, 0.15) is 0 Å². The Morgan fingerprint density at radius 2 is 1.87 bits per heavy atom. The number of benzene rings is 1. The van der Waals surface area contributed by atoms with E-state index in [-0.39, 0.29) is 5.56 Å². The number of nitrogens with zero attached hydrogens (tertiary/aromatic N) is 1. The van der Waals surface area contributed by atoms with Crippen LogP contribution in [0.2, 0.25) is 0 Å². The maximum atomic E-state index is 11.1. The van der Waals surface area contributed by atoms with Crippen LogP contribution in [0.25, 0.3) is 0 Å². The van der Waals surface area contributed by atoms with Crippen molar-refractivity contribution in [2.24, 2.45) is 0 Å². The third-order valence-corrected chi connectivity index (χ3v) is 1.38. The molecule has 0 saturated heterocycles. The lowest BCUT2D eigenvalue weighted by Crippen LogP contribution is -2.31. The van der Waals surface area contributed by atoms with Gasteiger partial charge in [0.2, 0.25) is 0 Å². The highest BCUT2D eigenvalue weighted by Gasteiger charge is 2.15. The molecule has 1 aromatic rings. The number of esters is 1.